The number of aliphatic hydroxyl groups excluding tert-OH is 1. The highest BCUT2D eigenvalue weighted by Gasteiger charge is 2.34. The molecule has 0 amide bonds. The highest BCUT2D eigenvalue weighted by Crippen LogP contribution is 2.23. The van der Waals surface area contributed by atoms with Gasteiger partial charge in [-0.25, -0.2) is 4.99 Å². The molecule has 0 spiro atoms. The lowest BCUT2D eigenvalue weighted by molar-refractivity contribution is -0.143. The van der Waals surface area contributed by atoms with Crippen molar-refractivity contribution in [3.8, 4) is 0 Å². The Morgan fingerprint density at radius 2 is 1.84 bits per heavy atom. The first-order valence-electron chi connectivity index (χ1n) is 11.1. The maximum Gasteiger partial charge on any atom is 0.401 e. The molecule has 1 aromatic carbocycles. The lowest BCUT2D eigenvalue weighted by Gasteiger charge is -2.32. The number of hydrogen-bond donors (Lipinski definition) is 3. The van der Waals surface area contributed by atoms with Gasteiger partial charge in [0.15, 0.2) is 5.96 Å². The van der Waals surface area contributed by atoms with Crippen LogP contribution in [0.3, 0.4) is 0 Å². The molecule has 2 fully saturated rings. The summed E-state index contributed by atoms with van der Waals surface area (Å²) in [6, 6.07) is 8.32. The molecule has 31 heavy (non-hydrogen) atoms. The largest absolute Gasteiger partial charge is 0.401 e. The molecule has 1 atom stereocenters. The van der Waals surface area contributed by atoms with Gasteiger partial charge < -0.3 is 20.6 Å². The van der Waals surface area contributed by atoms with Crippen LogP contribution in [0.25, 0.3) is 0 Å². The van der Waals surface area contributed by atoms with Crippen molar-refractivity contribution in [3.05, 3.63) is 29.8 Å². The van der Waals surface area contributed by atoms with Gasteiger partial charge in [-0.1, -0.05) is 12.1 Å². The smallest absolute Gasteiger partial charge is 0.396 e. The van der Waals surface area contributed by atoms with Crippen molar-refractivity contribution in [2.24, 2.45) is 10.9 Å². The summed E-state index contributed by atoms with van der Waals surface area (Å²) in [4.78, 5) is 8.40. The number of alkyl halides is 3. The predicted octanol–water partition coefficient (Wildman–Crippen LogP) is 2.59. The zero-order valence-electron chi connectivity index (χ0n) is 18.2. The molecule has 1 aromatic rings. The SMILES string of the molecule is CCNC(=NCc1ccc(N2CCC(CO)CC2)cc1)NC1CCN(CC(F)(F)F)C1. The van der Waals surface area contributed by atoms with Gasteiger partial charge in [0.2, 0.25) is 0 Å². The Hall–Kier alpha value is -2.00. The molecule has 3 rings (SSSR count). The van der Waals surface area contributed by atoms with Gasteiger partial charge in [0.25, 0.3) is 0 Å². The number of piperidine rings is 1. The minimum absolute atomic E-state index is 0.0376. The molecule has 2 saturated heterocycles. The Kier molecular flexibility index (Phi) is 8.43. The molecule has 1 unspecified atom stereocenters. The fraction of sp³-hybridized carbons (Fsp3) is 0.682. The molecular formula is C22H34F3N5O. The Balaban J connectivity index is 1.51. The molecule has 2 heterocycles. The van der Waals surface area contributed by atoms with Crippen LogP contribution in [-0.2, 0) is 6.54 Å². The van der Waals surface area contributed by atoms with Crippen LogP contribution in [-0.4, -0.2) is 74.1 Å². The van der Waals surface area contributed by atoms with Crippen molar-refractivity contribution in [1.29, 1.82) is 0 Å². The number of likely N-dealkylation sites (tertiary alicyclic amines) is 1. The Bertz CT molecular complexity index is 702. The third-order valence-corrected chi connectivity index (χ3v) is 5.95. The summed E-state index contributed by atoms with van der Waals surface area (Å²) in [5, 5.41) is 15.7. The van der Waals surface area contributed by atoms with E-state index in [-0.39, 0.29) is 12.6 Å². The van der Waals surface area contributed by atoms with E-state index in [2.05, 4.69) is 44.8 Å². The summed E-state index contributed by atoms with van der Waals surface area (Å²) in [6.07, 6.45) is -1.46. The number of aliphatic imine (C=N–C) groups is 1. The molecule has 6 nitrogen and oxygen atoms in total. The van der Waals surface area contributed by atoms with E-state index in [0.29, 0.717) is 44.5 Å². The first-order valence-corrected chi connectivity index (χ1v) is 11.1. The maximum atomic E-state index is 12.6. The number of hydrogen-bond acceptors (Lipinski definition) is 4. The summed E-state index contributed by atoms with van der Waals surface area (Å²) in [6.45, 7) is 5.30. The number of rotatable bonds is 7. The van der Waals surface area contributed by atoms with Crippen LogP contribution in [0.15, 0.2) is 29.3 Å². The van der Waals surface area contributed by atoms with Crippen LogP contribution in [0.1, 0.15) is 31.7 Å². The number of halogens is 3. The van der Waals surface area contributed by atoms with Gasteiger partial charge in [-0.3, -0.25) is 4.90 Å². The minimum Gasteiger partial charge on any atom is -0.396 e. The molecule has 0 aromatic heterocycles. The van der Waals surface area contributed by atoms with Gasteiger partial charge >= 0.3 is 6.18 Å². The van der Waals surface area contributed by atoms with E-state index in [9.17, 15) is 18.3 Å². The second kappa shape index (κ2) is 11.0. The zero-order chi connectivity index (χ0) is 22.3. The molecule has 0 bridgehead atoms. The molecular weight excluding hydrogens is 407 g/mol. The molecule has 0 radical (unpaired) electrons. The minimum atomic E-state index is -4.16. The number of benzene rings is 1. The number of guanidine groups is 1. The van der Waals surface area contributed by atoms with E-state index in [1.165, 1.54) is 10.6 Å². The van der Waals surface area contributed by atoms with Crippen molar-refractivity contribution in [2.75, 3.05) is 50.8 Å². The zero-order valence-corrected chi connectivity index (χ0v) is 18.2. The van der Waals surface area contributed by atoms with Gasteiger partial charge in [0.05, 0.1) is 13.1 Å². The maximum absolute atomic E-state index is 12.6. The summed E-state index contributed by atoms with van der Waals surface area (Å²) < 4.78 is 37.8. The van der Waals surface area contributed by atoms with E-state index in [0.717, 1.165) is 31.5 Å². The third-order valence-electron chi connectivity index (χ3n) is 5.95. The van der Waals surface area contributed by atoms with Gasteiger partial charge in [0.1, 0.15) is 0 Å². The average Bonchev–Trinajstić information content (AvgIpc) is 3.17. The lowest BCUT2D eigenvalue weighted by atomic mass is 9.97. The molecule has 0 aliphatic carbocycles. The summed E-state index contributed by atoms with van der Waals surface area (Å²) in [7, 11) is 0. The van der Waals surface area contributed by atoms with Crippen LogP contribution >= 0.6 is 0 Å². The quantitative estimate of drug-likeness (QED) is 0.449. The van der Waals surface area contributed by atoms with E-state index < -0.39 is 12.7 Å². The summed E-state index contributed by atoms with van der Waals surface area (Å²) in [5.74, 6) is 1.05. The van der Waals surface area contributed by atoms with Gasteiger partial charge in [-0.2, -0.15) is 13.2 Å². The molecule has 9 heteroatoms. The number of aliphatic hydroxyl groups is 1. The number of nitrogens with zero attached hydrogens (tertiary/aromatic N) is 3. The highest BCUT2D eigenvalue weighted by molar-refractivity contribution is 5.80. The molecule has 2 aliphatic heterocycles. The van der Waals surface area contributed by atoms with Crippen molar-refractivity contribution >= 4 is 11.6 Å². The number of anilines is 1. The molecule has 3 N–H and O–H groups in total. The number of nitrogens with one attached hydrogen (secondary N) is 2. The van der Waals surface area contributed by atoms with Crippen molar-refractivity contribution < 1.29 is 18.3 Å². The van der Waals surface area contributed by atoms with Crippen LogP contribution in [0.5, 0.6) is 0 Å². The fourth-order valence-electron chi connectivity index (χ4n) is 4.22. The van der Waals surface area contributed by atoms with Gasteiger partial charge in [-0.15, -0.1) is 0 Å². The van der Waals surface area contributed by atoms with Crippen molar-refractivity contribution in [1.82, 2.24) is 15.5 Å². The normalized spacial score (nSPS) is 21.5. The van der Waals surface area contributed by atoms with Crippen LogP contribution in [0.4, 0.5) is 18.9 Å². The second-order valence-corrected chi connectivity index (χ2v) is 8.45. The Labute approximate surface area is 182 Å². The van der Waals surface area contributed by atoms with Crippen LogP contribution in [0, 0.1) is 5.92 Å². The standard InChI is InChI=1S/C22H34F3N5O/c1-2-26-21(28-19-9-10-29(14-19)16-22(23,24)25)27-13-17-3-5-20(6-4-17)30-11-7-18(15-31)8-12-30/h3-6,18-19,31H,2,7-16H2,1H3,(H2,26,27,28). The second-order valence-electron chi connectivity index (χ2n) is 8.45. The summed E-state index contributed by atoms with van der Waals surface area (Å²) >= 11 is 0. The first kappa shape index (κ1) is 23.7. The summed E-state index contributed by atoms with van der Waals surface area (Å²) in [5.41, 5.74) is 2.26. The monoisotopic (exact) mass is 441 g/mol. The molecule has 0 saturated carbocycles. The Morgan fingerprint density at radius 3 is 2.45 bits per heavy atom. The highest BCUT2D eigenvalue weighted by atomic mass is 19.4. The molecule has 2 aliphatic rings. The van der Waals surface area contributed by atoms with Crippen LogP contribution < -0.4 is 15.5 Å². The average molecular weight is 442 g/mol. The van der Waals surface area contributed by atoms with E-state index in [1.807, 2.05) is 6.92 Å². The van der Waals surface area contributed by atoms with E-state index in [4.69, 9.17) is 0 Å². The Morgan fingerprint density at radius 1 is 1.13 bits per heavy atom. The van der Waals surface area contributed by atoms with Crippen LogP contribution in [0.2, 0.25) is 0 Å². The third kappa shape index (κ3) is 7.57. The lowest BCUT2D eigenvalue weighted by Crippen LogP contribution is -2.45. The van der Waals surface area contributed by atoms with E-state index in [1.54, 1.807) is 0 Å². The molecule has 174 valence electrons. The van der Waals surface area contributed by atoms with E-state index >= 15 is 0 Å². The fourth-order valence-corrected chi connectivity index (χ4v) is 4.22. The topological polar surface area (TPSA) is 63.1 Å². The predicted molar refractivity (Wildman–Crippen MR) is 117 cm³/mol. The first-order chi connectivity index (χ1) is 14.9. The van der Waals surface area contributed by atoms with Gasteiger partial charge in [0, 0.05) is 51.1 Å². The van der Waals surface area contributed by atoms with Crippen molar-refractivity contribution in [3.63, 3.8) is 0 Å². The van der Waals surface area contributed by atoms with Gasteiger partial charge in [-0.05, 0) is 49.8 Å². The van der Waals surface area contributed by atoms with Crippen molar-refractivity contribution in [2.45, 2.75) is 44.9 Å².